The Balaban J connectivity index is 1.34. The number of carboxylic acids is 1. The number of carbonyl (C=O) groups is 1. The number of benzene rings is 2. The summed E-state index contributed by atoms with van der Waals surface area (Å²) in [5.41, 5.74) is 4.78. The second-order valence-electron chi connectivity index (χ2n) is 7.27. The Morgan fingerprint density at radius 1 is 1.00 bits per heavy atom. The van der Waals surface area contributed by atoms with Crippen LogP contribution in [0.25, 0.3) is 26.8 Å². The maximum atomic E-state index is 11.3. The van der Waals surface area contributed by atoms with Crippen LogP contribution in [0.1, 0.15) is 20.8 Å². The van der Waals surface area contributed by atoms with Crippen molar-refractivity contribution in [2.24, 2.45) is 0 Å². The first-order valence-corrected chi connectivity index (χ1v) is 10.7. The van der Waals surface area contributed by atoms with E-state index in [0.29, 0.717) is 4.88 Å². The fraction of sp³-hybridized carbons (Fsp3) is 0.125. The number of hydrogen-bond acceptors (Lipinski definition) is 3. The molecular formula is C24H21N3O2S. The Hall–Kier alpha value is -3.35. The van der Waals surface area contributed by atoms with Crippen molar-refractivity contribution in [1.29, 1.82) is 0 Å². The average Bonchev–Trinajstić information content (AvgIpc) is 3.48. The van der Waals surface area contributed by atoms with Crippen LogP contribution >= 0.6 is 11.3 Å². The van der Waals surface area contributed by atoms with Gasteiger partial charge in [-0.1, -0.05) is 36.4 Å². The molecule has 0 fully saturated rings. The molecule has 0 atom stereocenters. The van der Waals surface area contributed by atoms with Gasteiger partial charge in [0.1, 0.15) is 9.88 Å². The Bertz CT molecular complexity index is 1350. The van der Waals surface area contributed by atoms with E-state index in [1.165, 1.54) is 38.8 Å². The summed E-state index contributed by atoms with van der Waals surface area (Å²) in [7, 11) is 0. The van der Waals surface area contributed by atoms with Crippen molar-refractivity contribution in [1.82, 2.24) is 14.9 Å². The molecule has 5 nitrogen and oxygen atoms in total. The highest BCUT2D eigenvalue weighted by Gasteiger charge is 2.13. The van der Waals surface area contributed by atoms with Gasteiger partial charge >= 0.3 is 5.97 Å². The maximum absolute atomic E-state index is 11.3. The lowest BCUT2D eigenvalue weighted by atomic mass is 10.1. The van der Waals surface area contributed by atoms with E-state index < -0.39 is 5.97 Å². The lowest BCUT2D eigenvalue weighted by Crippen LogP contribution is -2.16. The summed E-state index contributed by atoms with van der Waals surface area (Å²) in [6.07, 6.45) is 5.16. The summed E-state index contributed by atoms with van der Waals surface area (Å²) in [4.78, 5) is 14.9. The SMILES string of the molecule is O=C(O)c1ccc(-n2cc(CNCCc3c[nH]c4ccccc34)c3ccccc32)s1. The van der Waals surface area contributed by atoms with Crippen LogP contribution < -0.4 is 5.32 Å². The number of aromatic nitrogens is 2. The molecule has 0 aliphatic carbocycles. The highest BCUT2D eigenvalue weighted by atomic mass is 32.1. The second kappa shape index (κ2) is 7.82. The predicted molar refractivity (Wildman–Crippen MR) is 122 cm³/mol. The molecule has 150 valence electrons. The predicted octanol–water partition coefficient (Wildman–Crippen LogP) is 5.20. The maximum Gasteiger partial charge on any atom is 0.345 e. The first kappa shape index (κ1) is 18.7. The molecule has 5 rings (SSSR count). The average molecular weight is 416 g/mol. The summed E-state index contributed by atoms with van der Waals surface area (Å²) in [6.45, 7) is 1.64. The van der Waals surface area contributed by atoms with Gasteiger partial charge in [0.25, 0.3) is 0 Å². The number of carboxylic acid groups (broad SMARTS) is 1. The molecule has 0 saturated carbocycles. The van der Waals surface area contributed by atoms with E-state index in [4.69, 9.17) is 0 Å². The third kappa shape index (κ3) is 3.40. The van der Waals surface area contributed by atoms with Crippen LogP contribution in [0.4, 0.5) is 0 Å². The number of H-pyrrole nitrogens is 1. The monoisotopic (exact) mass is 415 g/mol. The highest BCUT2D eigenvalue weighted by molar-refractivity contribution is 7.16. The summed E-state index contributed by atoms with van der Waals surface area (Å²) in [5, 5.41) is 16.2. The minimum atomic E-state index is -0.887. The van der Waals surface area contributed by atoms with Gasteiger partial charge in [0, 0.05) is 35.2 Å². The van der Waals surface area contributed by atoms with Gasteiger partial charge in [-0.15, -0.1) is 11.3 Å². The molecule has 0 radical (unpaired) electrons. The molecule has 0 aliphatic rings. The normalized spacial score (nSPS) is 11.5. The van der Waals surface area contributed by atoms with Crippen LogP contribution in [-0.2, 0) is 13.0 Å². The van der Waals surface area contributed by atoms with Crippen molar-refractivity contribution in [2.45, 2.75) is 13.0 Å². The van der Waals surface area contributed by atoms with Gasteiger partial charge < -0.3 is 20.0 Å². The zero-order valence-corrected chi connectivity index (χ0v) is 17.1. The lowest BCUT2D eigenvalue weighted by Gasteiger charge is -2.04. The molecule has 30 heavy (non-hydrogen) atoms. The molecule has 2 aromatic carbocycles. The van der Waals surface area contributed by atoms with Gasteiger partial charge in [-0.05, 0) is 48.4 Å². The summed E-state index contributed by atoms with van der Waals surface area (Å²) in [6, 6.07) is 20.1. The van der Waals surface area contributed by atoms with E-state index in [1.807, 2.05) is 24.3 Å². The van der Waals surface area contributed by atoms with E-state index >= 15 is 0 Å². The Kier molecular flexibility index (Phi) is 4.86. The Morgan fingerprint density at radius 3 is 2.63 bits per heavy atom. The zero-order chi connectivity index (χ0) is 20.5. The number of para-hydroxylation sites is 2. The van der Waals surface area contributed by atoms with Crippen LogP contribution in [0.2, 0.25) is 0 Å². The van der Waals surface area contributed by atoms with Crippen molar-refractivity contribution in [3.8, 4) is 5.00 Å². The van der Waals surface area contributed by atoms with E-state index in [2.05, 4.69) is 57.6 Å². The number of fused-ring (bicyclic) bond motifs is 2. The summed E-state index contributed by atoms with van der Waals surface area (Å²) >= 11 is 1.29. The minimum absolute atomic E-state index is 0.348. The number of hydrogen-bond donors (Lipinski definition) is 3. The van der Waals surface area contributed by atoms with Crippen molar-refractivity contribution in [2.75, 3.05) is 6.54 Å². The van der Waals surface area contributed by atoms with Crippen LogP contribution in [0.5, 0.6) is 0 Å². The third-order valence-electron chi connectivity index (χ3n) is 5.40. The summed E-state index contributed by atoms with van der Waals surface area (Å²) < 4.78 is 2.09. The van der Waals surface area contributed by atoms with E-state index in [-0.39, 0.29) is 0 Å². The van der Waals surface area contributed by atoms with Gasteiger partial charge in [0.2, 0.25) is 0 Å². The van der Waals surface area contributed by atoms with Crippen molar-refractivity contribution >= 4 is 39.1 Å². The quantitative estimate of drug-likeness (QED) is 0.320. The van der Waals surface area contributed by atoms with Crippen molar-refractivity contribution < 1.29 is 9.90 Å². The molecule has 3 heterocycles. The van der Waals surface area contributed by atoms with Crippen LogP contribution in [0.3, 0.4) is 0 Å². The van der Waals surface area contributed by atoms with Crippen LogP contribution in [-0.4, -0.2) is 27.2 Å². The van der Waals surface area contributed by atoms with Crippen molar-refractivity contribution in [3.05, 3.63) is 89.1 Å². The smallest absolute Gasteiger partial charge is 0.345 e. The molecule has 0 amide bonds. The fourth-order valence-electron chi connectivity index (χ4n) is 3.93. The van der Waals surface area contributed by atoms with Crippen LogP contribution in [0, 0.1) is 0 Å². The number of aromatic carboxylic acids is 1. The number of nitrogens with zero attached hydrogens (tertiary/aromatic N) is 1. The number of aromatic amines is 1. The first-order chi connectivity index (χ1) is 14.7. The molecule has 0 unspecified atom stereocenters. The lowest BCUT2D eigenvalue weighted by molar-refractivity contribution is 0.0702. The standard InChI is InChI=1S/C24H21N3O2S/c28-24(29)22-9-10-23(30-22)27-15-17(19-6-2-4-8-21(19)27)13-25-12-11-16-14-26-20-7-3-1-5-18(16)20/h1-10,14-15,25-26H,11-13H2,(H,28,29). The van der Waals surface area contributed by atoms with Gasteiger partial charge in [-0.3, -0.25) is 0 Å². The third-order valence-corrected chi connectivity index (χ3v) is 6.47. The fourth-order valence-corrected chi connectivity index (χ4v) is 4.76. The molecule has 0 saturated heterocycles. The molecule has 0 spiro atoms. The van der Waals surface area contributed by atoms with Gasteiger partial charge in [-0.2, -0.15) is 0 Å². The van der Waals surface area contributed by atoms with Crippen LogP contribution in [0.15, 0.2) is 73.1 Å². The molecular weight excluding hydrogens is 394 g/mol. The van der Waals surface area contributed by atoms with Gasteiger partial charge in [0.15, 0.2) is 0 Å². The zero-order valence-electron chi connectivity index (χ0n) is 16.3. The number of thiophene rings is 1. The molecule has 0 bridgehead atoms. The number of nitrogens with one attached hydrogen (secondary N) is 2. The minimum Gasteiger partial charge on any atom is -0.477 e. The van der Waals surface area contributed by atoms with Gasteiger partial charge in [-0.25, -0.2) is 4.79 Å². The second-order valence-corrected chi connectivity index (χ2v) is 8.33. The number of rotatable bonds is 7. The molecule has 0 aliphatic heterocycles. The molecule has 5 aromatic rings. The van der Waals surface area contributed by atoms with E-state index in [9.17, 15) is 9.90 Å². The first-order valence-electron chi connectivity index (χ1n) is 9.89. The Morgan fingerprint density at radius 2 is 1.80 bits per heavy atom. The van der Waals surface area contributed by atoms with Crippen molar-refractivity contribution in [3.63, 3.8) is 0 Å². The molecule has 6 heteroatoms. The molecule has 3 N–H and O–H groups in total. The van der Waals surface area contributed by atoms with E-state index in [0.717, 1.165) is 30.0 Å². The van der Waals surface area contributed by atoms with Gasteiger partial charge in [0.05, 0.1) is 5.52 Å². The summed E-state index contributed by atoms with van der Waals surface area (Å²) in [5.74, 6) is -0.887. The Labute approximate surface area is 177 Å². The topological polar surface area (TPSA) is 70.0 Å². The largest absolute Gasteiger partial charge is 0.477 e. The highest BCUT2D eigenvalue weighted by Crippen LogP contribution is 2.29. The van der Waals surface area contributed by atoms with E-state index in [1.54, 1.807) is 6.07 Å². The molecule has 3 aromatic heterocycles.